The smallest absolute Gasteiger partial charge is 0.234 e. The first-order valence-corrected chi connectivity index (χ1v) is 9.98. The van der Waals surface area contributed by atoms with Crippen molar-refractivity contribution in [1.82, 2.24) is 19.7 Å². The molecule has 0 spiro atoms. The first kappa shape index (κ1) is 18.2. The Morgan fingerprint density at radius 2 is 1.93 bits per heavy atom. The highest BCUT2D eigenvalue weighted by Gasteiger charge is 2.14. The van der Waals surface area contributed by atoms with E-state index in [1.54, 1.807) is 12.4 Å². The first-order valence-electron chi connectivity index (χ1n) is 8.99. The Balaban J connectivity index is 1.44. The van der Waals surface area contributed by atoms with Gasteiger partial charge in [-0.1, -0.05) is 42.1 Å². The number of hydrogen-bond donors (Lipinski definition) is 1. The maximum absolute atomic E-state index is 12.4. The van der Waals surface area contributed by atoms with Crippen LogP contribution in [0.3, 0.4) is 0 Å². The zero-order chi connectivity index (χ0) is 19.3. The predicted molar refractivity (Wildman–Crippen MR) is 112 cm³/mol. The Labute approximate surface area is 167 Å². The zero-order valence-electron chi connectivity index (χ0n) is 15.4. The lowest BCUT2D eigenvalue weighted by molar-refractivity contribution is -0.113. The standard InChI is InChI=1S/C21H19N5OS/c1-2-26-20(17-8-5-11-22-13-17)24-25-21(26)28-14-19(27)23-18-10-9-15-6-3-4-7-16(15)12-18/h3-13H,2,14H2,1H3,(H,23,27). The lowest BCUT2D eigenvalue weighted by atomic mass is 10.1. The summed E-state index contributed by atoms with van der Waals surface area (Å²) in [5, 5.41) is 14.4. The highest BCUT2D eigenvalue weighted by Crippen LogP contribution is 2.24. The van der Waals surface area contributed by atoms with Crippen LogP contribution in [0, 0.1) is 0 Å². The maximum Gasteiger partial charge on any atom is 0.234 e. The Bertz CT molecular complexity index is 1110. The second kappa shape index (κ2) is 8.22. The van der Waals surface area contributed by atoms with Crippen molar-refractivity contribution in [2.75, 3.05) is 11.1 Å². The van der Waals surface area contributed by atoms with E-state index in [1.807, 2.05) is 66.1 Å². The minimum absolute atomic E-state index is 0.0751. The monoisotopic (exact) mass is 389 g/mol. The van der Waals surface area contributed by atoms with Gasteiger partial charge < -0.3 is 9.88 Å². The molecule has 0 atom stereocenters. The SMILES string of the molecule is CCn1c(SCC(=O)Nc2ccc3ccccc3c2)nnc1-c1cccnc1. The molecule has 0 aliphatic rings. The van der Waals surface area contributed by atoms with Crippen molar-refractivity contribution in [3.63, 3.8) is 0 Å². The van der Waals surface area contributed by atoms with E-state index < -0.39 is 0 Å². The number of amides is 1. The van der Waals surface area contributed by atoms with E-state index in [-0.39, 0.29) is 11.7 Å². The highest BCUT2D eigenvalue weighted by atomic mass is 32.2. The summed E-state index contributed by atoms with van der Waals surface area (Å²) in [7, 11) is 0. The summed E-state index contributed by atoms with van der Waals surface area (Å²) in [6.07, 6.45) is 3.49. The van der Waals surface area contributed by atoms with E-state index in [1.165, 1.54) is 11.8 Å². The molecule has 0 unspecified atom stereocenters. The van der Waals surface area contributed by atoms with Gasteiger partial charge in [0.2, 0.25) is 5.91 Å². The van der Waals surface area contributed by atoms with Crippen molar-refractivity contribution >= 4 is 34.1 Å². The van der Waals surface area contributed by atoms with Crippen LogP contribution in [-0.4, -0.2) is 31.4 Å². The number of thioether (sulfide) groups is 1. The number of fused-ring (bicyclic) bond motifs is 1. The number of rotatable bonds is 6. The molecule has 0 bridgehead atoms. The number of anilines is 1. The van der Waals surface area contributed by atoms with Gasteiger partial charge in [0.1, 0.15) is 0 Å². The molecule has 4 aromatic rings. The number of carbonyl (C=O) groups is 1. The van der Waals surface area contributed by atoms with Gasteiger partial charge in [-0.25, -0.2) is 0 Å². The van der Waals surface area contributed by atoms with Crippen molar-refractivity contribution < 1.29 is 4.79 Å². The van der Waals surface area contributed by atoms with Gasteiger partial charge in [0.15, 0.2) is 11.0 Å². The Kier molecular flexibility index (Phi) is 5.34. The molecule has 140 valence electrons. The summed E-state index contributed by atoms with van der Waals surface area (Å²) in [6.45, 7) is 2.74. The fraction of sp³-hybridized carbons (Fsp3) is 0.143. The van der Waals surface area contributed by atoms with Gasteiger partial charge in [0.05, 0.1) is 5.75 Å². The lowest BCUT2D eigenvalue weighted by Gasteiger charge is -2.08. The summed E-state index contributed by atoms with van der Waals surface area (Å²) in [5.41, 5.74) is 1.70. The number of hydrogen-bond acceptors (Lipinski definition) is 5. The molecule has 2 heterocycles. The lowest BCUT2D eigenvalue weighted by Crippen LogP contribution is -2.14. The van der Waals surface area contributed by atoms with E-state index in [0.29, 0.717) is 6.54 Å². The maximum atomic E-state index is 12.4. The predicted octanol–water partition coefficient (Wildman–Crippen LogP) is 4.24. The van der Waals surface area contributed by atoms with E-state index >= 15 is 0 Å². The fourth-order valence-electron chi connectivity index (χ4n) is 2.98. The molecule has 6 nitrogen and oxygen atoms in total. The Morgan fingerprint density at radius 3 is 2.71 bits per heavy atom. The molecule has 2 aromatic heterocycles. The van der Waals surface area contributed by atoms with E-state index in [0.717, 1.165) is 33.0 Å². The normalized spacial score (nSPS) is 10.9. The molecule has 0 saturated carbocycles. The molecule has 0 fully saturated rings. The molecule has 4 rings (SSSR count). The molecule has 0 radical (unpaired) electrons. The van der Waals surface area contributed by atoms with E-state index in [9.17, 15) is 4.79 Å². The highest BCUT2D eigenvalue weighted by molar-refractivity contribution is 7.99. The van der Waals surface area contributed by atoms with Crippen LogP contribution in [0.2, 0.25) is 0 Å². The van der Waals surface area contributed by atoms with Gasteiger partial charge in [-0.3, -0.25) is 9.78 Å². The number of nitrogens with one attached hydrogen (secondary N) is 1. The molecule has 1 amide bonds. The summed E-state index contributed by atoms with van der Waals surface area (Å²) < 4.78 is 1.99. The van der Waals surface area contributed by atoms with Crippen molar-refractivity contribution in [3.8, 4) is 11.4 Å². The first-order chi connectivity index (χ1) is 13.7. The minimum atomic E-state index is -0.0751. The number of nitrogens with zero attached hydrogens (tertiary/aromatic N) is 4. The molecular formula is C21H19N5OS. The summed E-state index contributed by atoms with van der Waals surface area (Å²) >= 11 is 1.38. The van der Waals surface area contributed by atoms with Crippen LogP contribution in [-0.2, 0) is 11.3 Å². The van der Waals surface area contributed by atoms with Gasteiger partial charge >= 0.3 is 0 Å². The van der Waals surface area contributed by atoms with Crippen molar-refractivity contribution in [1.29, 1.82) is 0 Å². The van der Waals surface area contributed by atoms with Gasteiger partial charge in [0.25, 0.3) is 0 Å². The Morgan fingerprint density at radius 1 is 1.07 bits per heavy atom. The van der Waals surface area contributed by atoms with Crippen LogP contribution < -0.4 is 5.32 Å². The van der Waals surface area contributed by atoms with Crippen LogP contribution >= 0.6 is 11.8 Å². The molecule has 0 aliphatic carbocycles. The summed E-state index contributed by atoms with van der Waals surface area (Å²) in [5.74, 6) is 0.944. The van der Waals surface area contributed by atoms with Gasteiger partial charge in [0, 0.05) is 30.2 Å². The number of aromatic nitrogens is 4. The number of carbonyl (C=O) groups excluding carboxylic acids is 1. The molecule has 0 saturated heterocycles. The van der Waals surface area contributed by atoms with E-state index in [4.69, 9.17) is 0 Å². The van der Waals surface area contributed by atoms with Crippen molar-refractivity contribution in [3.05, 3.63) is 67.0 Å². The van der Waals surface area contributed by atoms with Crippen LogP contribution in [0.5, 0.6) is 0 Å². The average Bonchev–Trinajstić information content (AvgIpc) is 3.16. The molecule has 2 aromatic carbocycles. The quantitative estimate of drug-likeness (QED) is 0.499. The topological polar surface area (TPSA) is 72.7 Å². The second-order valence-electron chi connectivity index (χ2n) is 6.19. The molecule has 28 heavy (non-hydrogen) atoms. The Hall–Kier alpha value is -3.19. The third-order valence-corrected chi connectivity index (χ3v) is 5.29. The van der Waals surface area contributed by atoms with E-state index in [2.05, 4.69) is 20.5 Å². The zero-order valence-corrected chi connectivity index (χ0v) is 16.2. The number of pyridine rings is 1. The number of benzene rings is 2. The van der Waals surface area contributed by atoms with Crippen LogP contribution in [0.15, 0.2) is 72.1 Å². The molecule has 1 N–H and O–H groups in total. The van der Waals surface area contributed by atoms with Crippen LogP contribution in [0.1, 0.15) is 6.92 Å². The second-order valence-corrected chi connectivity index (χ2v) is 7.13. The molecule has 7 heteroatoms. The minimum Gasteiger partial charge on any atom is -0.325 e. The summed E-state index contributed by atoms with van der Waals surface area (Å²) in [4.78, 5) is 16.5. The fourth-order valence-corrected chi connectivity index (χ4v) is 3.79. The van der Waals surface area contributed by atoms with Crippen LogP contribution in [0.25, 0.3) is 22.2 Å². The molecule has 0 aliphatic heterocycles. The summed E-state index contributed by atoms with van der Waals surface area (Å²) in [6, 6.07) is 17.8. The largest absolute Gasteiger partial charge is 0.325 e. The van der Waals surface area contributed by atoms with Crippen molar-refractivity contribution in [2.24, 2.45) is 0 Å². The van der Waals surface area contributed by atoms with Gasteiger partial charge in [-0.2, -0.15) is 0 Å². The van der Waals surface area contributed by atoms with Crippen molar-refractivity contribution in [2.45, 2.75) is 18.6 Å². The third kappa shape index (κ3) is 3.89. The van der Waals surface area contributed by atoms with Gasteiger partial charge in [-0.15, -0.1) is 10.2 Å². The third-order valence-electron chi connectivity index (χ3n) is 4.32. The van der Waals surface area contributed by atoms with Gasteiger partial charge in [-0.05, 0) is 42.0 Å². The molecular weight excluding hydrogens is 370 g/mol. The average molecular weight is 389 g/mol. The van der Waals surface area contributed by atoms with Crippen LogP contribution in [0.4, 0.5) is 5.69 Å².